The van der Waals surface area contributed by atoms with Crippen molar-refractivity contribution >= 4 is 46.0 Å². The van der Waals surface area contributed by atoms with E-state index in [-0.39, 0.29) is 25.0 Å². The Bertz CT molecular complexity index is 1090. The first kappa shape index (κ1) is 27.0. The fourth-order valence-corrected chi connectivity index (χ4v) is 4.01. The van der Waals surface area contributed by atoms with Gasteiger partial charge in [-0.1, -0.05) is 67.9 Å². The molecule has 184 valence electrons. The van der Waals surface area contributed by atoms with Gasteiger partial charge in [-0.15, -0.1) is 0 Å². The third kappa shape index (κ3) is 8.85. The highest BCUT2D eigenvalue weighted by atomic mass is 127. The lowest BCUT2D eigenvalue weighted by Gasteiger charge is -2.31. The van der Waals surface area contributed by atoms with Gasteiger partial charge in [0.2, 0.25) is 5.91 Å². The highest BCUT2D eigenvalue weighted by Gasteiger charge is 2.30. The third-order valence-corrected chi connectivity index (χ3v) is 6.37. The van der Waals surface area contributed by atoms with E-state index < -0.39 is 6.04 Å². The molecule has 3 rings (SSSR count). The first-order valence-corrected chi connectivity index (χ1v) is 13.0. The van der Waals surface area contributed by atoms with Crippen LogP contribution in [0.4, 0.5) is 0 Å². The Kier molecular flexibility index (Phi) is 10.4. The van der Waals surface area contributed by atoms with E-state index in [4.69, 9.17) is 16.3 Å². The van der Waals surface area contributed by atoms with Gasteiger partial charge in [-0.05, 0) is 76.0 Å². The standard InChI is InChI=1S/C28H30ClIN2O3/c1-20(2)17-31-28(34)26(16-21-6-4-3-5-7-21)32(18-22-8-10-23(29)11-9-22)27(33)19-35-25-14-12-24(30)13-15-25/h3-15,20,26H,16-19H2,1-2H3,(H,31,34)/t26-/m1/s1. The molecule has 1 atom stereocenters. The van der Waals surface area contributed by atoms with Crippen molar-refractivity contribution in [3.05, 3.63) is 98.6 Å². The lowest BCUT2D eigenvalue weighted by Crippen LogP contribution is -2.52. The summed E-state index contributed by atoms with van der Waals surface area (Å²) in [5.74, 6) is 0.452. The summed E-state index contributed by atoms with van der Waals surface area (Å²) >= 11 is 8.28. The van der Waals surface area contributed by atoms with Gasteiger partial charge in [-0.25, -0.2) is 0 Å². The zero-order chi connectivity index (χ0) is 25.2. The Balaban J connectivity index is 1.88. The van der Waals surface area contributed by atoms with Crippen molar-refractivity contribution in [2.75, 3.05) is 13.2 Å². The van der Waals surface area contributed by atoms with Gasteiger partial charge >= 0.3 is 0 Å². The SMILES string of the molecule is CC(C)CNC(=O)[C@@H](Cc1ccccc1)N(Cc1ccc(Cl)cc1)C(=O)COc1ccc(I)cc1. The number of hydrogen-bond acceptors (Lipinski definition) is 3. The topological polar surface area (TPSA) is 58.6 Å². The van der Waals surface area contributed by atoms with Crippen LogP contribution in [0.2, 0.25) is 5.02 Å². The summed E-state index contributed by atoms with van der Waals surface area (Å²) in [4.78, 5) is 28.5. The number of amides is 2. The second kappa shape index (κ2) is 13.5. The van der Waals surface area contributed by atoms with Gasteiger partial charge in [-0.2, -0.15) is 0 Å². The summed E-state index contributed by atoms with van der Waals surface area (Å²) < 4.78 is 6.87. The van der Waals surface area contributed by atoms with Crippen LogP contribution in [0.25, 0.3) is 0 Å². The molecule has 0 saturated heterocycles. The molecule has 0 unspecified atom stereocenters. The van der Waals surface area contributed by atoms with E-state index in [1.165, 1.54) is 0 Å². The number of nitrogens with zero attached hydrogens (tertiary/aromatic N) is 1. The van der Waals surface area contributed by atoms with Crippen molar-refractivity contribution in [1.82, 2.24) is 10.2 Å². The van der Waals surface area contributed by atoms with E-state index in [9.17, 15) is 9.59 Å². The predicted molar refractivity (Wildman–Crippen MR) is 148 cm³/mol. The molecule has 0 heterocycles. The van der Waals surface area contributed by atoms with Crippen LogP contribution in [0.1, 0.15) is 25.0 Å². The number of carbonyl (C=O) groups excluding carboxylic acids is 2. The number of hydrogen-bond donors (Lipinski definition) is 1. The van der Waals surface area contributed by atoms with Crippen molar-refractivity contribution < 1.29 is 14.3 Å². The molecule has 0 aromatic heterocycles. The van der Waals surface area contributed by atoms with Crippen LogP contribution >= 0.6 is 34.2 Å². The van der Waals surface area contributed by atoms with Crippen molar-refractivity contribution in [2.45, 2.75) is 32.9 Å². The molecule has 5 nitrogen and oxygen atoms in total. The summed E-state index contributed by atoms with van der Waals surface area (Å²) in [6, 6.07) is 23.8. The van der Waals surface area contributed by atoms with Crippen LogP contribution < -0.4 is 10.1 Å². The van der Waals surface area contributed by atoms with Gasteiger partial charge in [0.25, 0.3) is 5.91 Å². The molecule has 3 aromatic carbocycles. The molecular weight excluding hydrogens is 575 g/mol. The summed E-state index contributed by atoms with van der Waals surface area (Å²) in [7, 11) is 0. The summed E-state index contributed by atoms with van der Waals surface area (Å²) in [5, 5.41) is 3.63. The lowest BCUT2D eigenvalue weighted by molar-refractivity contribution is -0.142. The summed E-state index contributed by atoms with van der Waals surface area (Å²) in [6.45, 7) is 4.71. The molecule has 0 bridgehead atoms. The van der Waals surface area contributed by atoms with E-state index in [1.54, 1.807) is 17.0 Å². The molecular formula is C28H30ClIN2O3. The molecule has 0 spiro atoms. The van der Waals surface area contributed by atoms with Gasteiger partial charge in [0.15, 0.2) is 6.61 Å². The first-order valence-electron chi connectivity index (χ1n) is 11.6. The number of nitrogens with one attached hydrogen (secondary N) is 1. The van der Waals surface area contributed by atoms with E-state index in [0.717, 1.165) is 14.7 Å². The van der Waals surface area contributed by atoms with Gasteiger partial charge in [0, 0.05) is 28.1 Å². The van der Waals surface area contributed by atoms with Crippen LogP contribution in [-0.4, -0.2) is 35.9 Å². The highest BCUT2D eigenvalue weighted by molar-refractivity contribution is 14.1. The maximum atomic E-state index is 13.5. The van der Waals surface area contributed by atoms with E-state index >= 15 is 0 Å². The van der Waals surface area contributed by atoms with Crippen LogP contribution in [0.5, 0.6) is 5.75 Å². The molecule has 3 aromatic rings. The fourth-order valence-electron chi connectivity index (χ4n) is 3.52. The zero-order valence-electron chi connectivity index (χ0n) is 19.9. The first-order chi connectivity index (χ1) is 16.8. The minimum atomic E-state index is -0.695. The van der Waals surface area contributed by atoms with Crippen molar-refractivity contribution in [3.63, 3.8) is 0 Å². The van der Waals surface area contributed by atoms with Crippen LogP contribution in [0.15, 0.2) is 78.9 Å². The maximum Gasteiger partial charge on any atom is 0.261 e. The quantitative estimate of drug-likeness (QED) is 0.284. The summed E-state index contributed by atoms with van der Waals surface area (Å²) in [6.07, 6.45) is 0.396. The number of benzene rings is 3. The van der Waals surface area contributed by atoms with Gasteiger partial charge in [0.1, 0.15) is 11.8 Å². The Labute approximate surface area is 226 Å². The van der Waals surface area contributed by atoms with Gasteiger partial charge < -0.3 is 15.0 Å². The molecule has 1 N–H and O–H groups in total. The van der Waals surface area contributed by atoms with E-state index in [0.29, 0.717) is 29.7 Å². The van der Waals surface area contributed by atoms with Crippen LogP contribution in [-0.2, 0) is 22.6 Å². The molecule has 0 saturated carbocycles. The monoisotopic (exact) mass is 604 g/mol. The highest BCUT2D eigenvalue weighted by Crippen LogP contribution is 2.18. The maximum absolute atomic E-state index is 13.5. The molecule has 2 amide bonds. The van der Waals surface area contributed by atoms with Crippen molar-refractivity contribution in [2.24, 2.45) is 5.92 Å². The Morgan fingerprint density at radius 1 is 0.943 bits per heavy atom. The second-order valence-electron chi connectivity index (χ2n) is 8.74. The second-order valence-corrected chi connectivity index (χ2v) is 10.4. The van der Waals surface area contributed by atoms with Crippen LogP contribution in [0, 0.1) is 9.49 Å². The largest absolute Gasteiger partial charge is 0.484 e. The fraction of sp³-hybridized carbons (Fsp3) is 0.286. The minimum absolute atomic E-state index is 0.170. The lowest BCUT2D eigenvalue weighted by atomic mass is 10.0. The third-order valence-electron chi connectivity index (χ3n) is 5.40. The van der Waals surface area contributed by atoms with Crippen molar-refractivity contribution in [1.29, 1.82) is 0 Å². The van der Waals surface area contributed by atoms with Crippen molar-refractivity contribution in [3.8, 4) is 5.75 Å². The number of carbonyl (C=O) groups is 2. The Morgan fingerprint density at radius 3 is 2.23 bits per heavy atom. The average molecular weight is 605 g/mol. The Hall–Kier alpha value is -2.58. The number of rotatable bonds is 11. The summed E-state index contributed by atoms with van der Waals surface area (Å²) in [5.41, 5.74) is 1.86. The number of ether oxygens (including phenoxy) is 1. The molecule has 0 radical (unpaired) electrons. The molecule has 0 aliphatic heterocycles. The normalized spacial score (nSPS) is 11.7. The number of halogens is 2. The average Bonchev–Trinajstić information content (AvgIpc) is 2.86. The van der Waals surface area contributed by atoms with Gasteiger partial charge in [0.05, 0.1) is 0 Å². The molecule has 7 heteroatoms. The molecule has 0 aliphatic rings. The predicted octanol–water partition coefficient (Wildman–Crippen LogP) is 5.74. The molecule has 0 fully saturated rings. The van der Waals surface area contributed by atoms with Gasteiger partial charge in [-0.3, -0.25) is 9.59 Å². The zero-order valence-corrected chi connectivity index (χ0v) is 22.8. The molecule has 0 aliphatic carbocycles. The minimum Gasteiger partial charge on any atom is -0.484 e. The van der Waals surface area contributed by atoms with Crippen LogP contribution in [0.3, 0.4) is 0 Å². The van der Waals surface area contributed by atoms with E-state index in [1.807, 2.05) is 80.6 Å². The smallest absolute Gasteiger partial charge is 0.261 e. The van der Waals surface area contributed by atoms with E-state index in [2.05, 4.69) is 27.9 Å². The molecule has 35 heavy (non-hydrogen) atoms. The Morgan fingerprint density at radius 2 is 1.60 bits per heavy atom.